The van der Waals surface area contributed by atoms with Gasteiger partial charge in [0.1, 0.15) is 11.4 Å². The monoisotopic (exact) mass is 411 g/mol. The summed E-state index contributed by atoms with van der Waals surface area (Å²) in [6.45, 7) is 4.17. The zero-order valence-corrected chi connectivity index (χ0v) is 16.5. The van der Waals surface area contributed by atoms with Crippen molar-refractivity contribution < 1.29 is 13.2 Å². The Morgan fingerprint density at radius 3 is 2.17 bits per heavy atom. The van der Waals surface area contributed by atoms with Gasteiger partial charge in [-0.2, -0.15) is 23.4 Å². The maximum atomic E-state index is 13.4. The van der Waals surface area contributed by atoms with Crippen molar-refractivity contribution >= 4 is 23.1 Å². The average Bonchev–Trinajstić information content (AvgIpc) is 2.73. The van der Waals surface area contributed by atoms with Gasteiger partial charge in [0, 0.05) is 17.6 Å². The van der Waals surface area contributed by atoms with E-state index in [0.717, 1.165) is 18.2 Å². The van der Waals surface area contributed by atoms with Gasteiger partial charge in [-0.3, -0.25) is 0 Å². The van der Waals surface area contributed by atoms with Crippen LogP contribution in [0.15, 0.2) is 54.7 Å². The fourth-order valence-corrected chi connectivity index (χ4v) is 2.77. The number of hydrogen-bond donors (Lipinski definition) is 2. The Morgan fingerprint density at radius 2 is 1.60 bits per heavy atom. The molecule has 0 saturated carbocycles. The minimum atomic E-state index is -4.61. The van der Waals surface area contributed by atoms with Crippen LogP contribution in [0.4, 0.5) is 36.3 Å². The number of benzene rings is 2. The standard InChI is InChI=1S/C22H20F3N5/c1-3-14(2)16-6-10-17(11-7-16)28-20-19(22(23,24)25)13-27-21(30-20)29-18-8-4-15(12-26)5-9-18/h4-11,13-14H,3H2,1-2H3,(H2,27,28,29,30). The zero-order chi connectivity index (χ0) is 21.7. The molecule has 0 aliphatic heterocycles. The van der Waals surface area contributed by atoms with Crippen LogP contribution in [0.5, 0.6) is 0 Å². The molecular formula is C22H20F3N5. The van der Waals surface area contributed by atoms with E-state index in [1.54, 1.807) is 36.4 Å². The number of nitrogens with zero attached hydrogens (tertiary/aromatic N) is 3. The molecule has 2 N–H and O–H groups in total. The van der Waals surface area contributed by atoms with Crippen LogP contribution >= 0.6 is 0 Å². The highest BCUT2D eigenvalue weighted by molar-refractivity contribution is 5.63. The summed E-state index contributed by atoms with van der Waals surface area (Å²) in [5.41, 5.74) is 1.68. The molecule has 0 aliphatic rings. The third kappa shape index (κ3) is 5.06. The lowest BCUT2D eigenvalue weighted by molar-refractivity contribution is -0.137. The maximum absolute atomic E-state index is 13.4. The topological polar surface area (TPSA) is 73.6 Å². The molecule has 1 unspecified atom stereocenters. The lowest BCUT2D eigenvalue weighted by atomic mass is 9.99. The van der Waals surface area contributed by atoms with E-state index in [4.69, 9.17) is 5.26 Å². The number of nitriles is 1. The van der Waals surface area contributed by atoms with E-state index in [2.05, 4.69) is 34.4 Å². The Labute approximate surface area is 172 Å². The molecule has 0 saturated heterocycles. The van der Waals surface area contributed by atoms with Gasteiger partial charge >= 0.3 is 6.18 Å². The number of rotatable bonds is 6. The molecule has 0 bridgehead atoms. The van der Waals surface area contributed by atoms with E-state index >= 15 is 0 Å². The Hall–Kier alpha value is -3.60. The Balaban J connectivity index is 1.88. The van der Waals surface area contributed by atoms with Gasteiger partial charge in [-0.05, 0) is 54.3 Å². The van der Waals surface area contributed by atoms with Crippen molar-refractivity contribution in [1.82, 2.24) is 9.97 Å². The quantitative estimate of drug-likeness (QED) is 0.493. The van der Waals surface area contributed by atoms with Gasteiger partial charge < -0.3 is 10.6 Å². The van der Waals surface area contributed by atoms with Crippen LogP contribution in [0.3, 0.4) is 0 Å². The Bertz CT molecular complexity index is 1040. The summed E-state index contributed by atoms with van der Waals surface area (Å²) in [5.74, 6) is 0.0310. The first kappa shape index (κ1) is 21.1. The third-order valence-corrected chi connectivity index (χ3v) is 4.72. The third-order valence-electron chi connectivity index (χ3n) is 4.72. The maximum Gasteiger partial charge on any atom is 0.421 e. The second-order valence-electron chi connectivity index (χ2n) is 6.82. The number of hydrogen-bond acceptors (Lipinski definition) is 5. The predicted octanol–water partition coefficient (Wildman–Crippen LogP) is 6.37. The highest BCUT2D eigenvalue weighted by atomic mass is 19.4. The molecule has 1 aromatic heterocycles. The van der Waals surface area contributed by atoms with Crippen molar-refractivity contribution in [3.8, 4) is 6.07 Å². The summed E-state index contributed by atoms with van der Waals surface area (Å²) >= 11 is 0. The molecule has 0 spiro atoms. The lowest BCUT2D eigenvalue weighted by Gasteiger charge is -2.16. The van der Waals surface area contributed by atoms with E-state index in [9.17, 15) is 13.2 Å². The molecule has 0 aliphatic carbocycles. The minimum Gasteiger partial charge on any atom is -0.340 e. The number of aromatic nitrogens is 2. The van der Waals surface area contributed by atoms with Crippen molar-refractivity contribution in [3.63, 3.8) is 0 Å². The SMILES string of the molecule is CCC(C)c1ccc(Nc2nc(Nc3ccc(C#N)cc3)ncc2C(F)(F)F)cc1. The molecule has 0 amide bonds. The van der Waals surface area contributed by atoms with Crippen molar-refractivity contribution in [2.24, 2.45) is 0 Å². The van der Waals surface area contributed by atoms with Gasteiger partial charge in [0.25, 0.3) is 0 Å². The molecular weight excluding hydrogens is 391 g/mol. The summed E-state index contributed by atoms with van der Waals surface area (Å²) in [4.78, 5) is 7.81. The lowest BCUT2D eigenvalue weighted by Crippen LogP contribution is -2.12. The van der Waals surface area contributed by atoms with Crippen LogP contribution in [0, 0.1) is 11.3 Å². The fourth-order valence-electron chi connectivity index (χ4n) is 2.77. The van der Waals surface area contributed by atoms with Crippen LogP contribution in [0.25, 0.3) is 0 Å². The molecule has 30 heavy (non-hydrogen) atoms. The zero-order valence-electron chi connectivity index (χ0n) is 16.5. The highest BCUT2D eigenvalue weighted by Gasteiger charge is 2.35. The molecule has 0 radical (unpaired) electrons. The first-order valence-corrected chi connectivity index (χ1v) is 9.38. The highest BCUT2D eigenvalue weighted by Crippen LogP contribution is 2.35. The first-order chi connectivity index (χ1) is 14.3. The normalized spacial score (nSPS) is 12.1. The molecule has 154 valence electrons. The molecule has 0 fully saturated rings. The molecule has 2 aromatic carbocycles. The number of nitrogens with one attached hydrogen (secondary N) is 2. The van der Waals surface area contributed by atoms with Gasteiger partial charge in [-0.1, -0.05) is 26.0 Å². The van der Waals surface area contributed by atoms with E-state index < -0.39 is 11.7 Å². The minimum absolute atomic E-state index is 0.00596. The summed E-state index contributed by atoms with van der Waals surface area (Å²) in [5, 5.41) is 14.5. The molecule has 1 heterocycles. The van der Waals surface area contributed by atoms with Crippen LogP contribution < -0.4 is 10.6 Å². The average molecular weight is 411 g/mol. The van der Waals surface area contributed by atoms with Crippen LogP contribution in [-0.2, 0) is 6.18 Å². The largest absolute Gasteiger partial charge is 0.421 e. The smallest absolute Gasteiger partial charge is 0.340 e. The van der Waals surface area contributed by atoms with Crippen LogP contribution in [0.2, 0.25) is 0 Å². The van der Waals surface area contributed by atoms with Gasteiger partial charge in [0.05, 0.1) is 11.6 Å². The van der Waals surface area contributed by atoms with Gasteiger partial charge in [0.2, 0.25) is 5.95 Å². The van der Waals surface area contributed by atoms with E-state index in [-0.39, 0.29) is 11.8 Å². The predicted molar refractivity (Wildman–Crippen MR) is 110 cm³/mol. The van der Waals surface area contributed by atoms with E-state index in [1.165, 1.54) is 0 Å². The summed E-state index contributed by atoms with van der Waals surface area (Å²) in [7, 11) is 0. The fraction of sp³-hybridized carbons (Fsp3) is 0.227. The van der Waals surface area contributed by atoms with Gasteiger partial charge in [-0.25, -0.2) is 4.98 Å². The summed E-state index contributed by atoms with van der Waals surface area (Å²) < 4.78 is 40.3. The van der Waals surface area contributed by atoms with Gasteiger partial charge in [0.15, 0.2) is 0 Å². The van der Waals surface area contributed by atoms with Crippen LogP contribution in [-0.4, -0.2) is 9.97 Å². The second kappa shape index (κ2) is 8.82. The van der Waals surface area contributed by atoms with Gasteiger partial charge in [-0.15, -0.1) is 0 Å². The molecule has 3 rings (SSSR count). The summed E-state index contributed by atoms with van der Waals surface area (Å²) in [6.07, 6.45) is -2.89. The Morgan fingerprint density at radius 1 is 1.00 bits per heavy atom. The molecule has 1 atom stereocenters. The number of anilines is 4. The van der Waals surface area contributed by atoms with Crippen molar-refractivity contribution in [2.75, 3.05) is 10.6 Å². The van der Waals surface area contributed by atoms with Crippen molar-refractivity contribution in [2.45, 2.75) is 32.4 Å². The Kier molecular flexibility index (Phi) is 6.21. The van der Waals surface area contributed by atoms with E-state index in [1.807, 2.05) is 18.2 Å². The first-order valence-electron chi connectivity index (χ1n) is 9.38. The van der Waals surface area contributed by atoms with Crippen molar-refractivity contribution in [3.05, 3.63) is 71.4 Å². The second-order valence-corrected chi connectivity index (χ2v) is 6.82. The van der Waals surface area contributed by atoms with Crippen molar-refractivity contribution in [1.29, 1.82) is 5.26 Å². The molecule has 3 aromatic rings. The molecule has 8 heteroatoms. The number of halogens is 3. The van der Waals surface area contributed by atoms with E-state index in [0.29, 0.717) is 22.9 Å². The van der Waals surface area contributed by atoms with Crippen LogP contribution in [0.1, 0.15) is 42.9 Å². The number of alkyl halides is 3. The molecule has 5 nitrogen and oxygen atoms in total. The summed E-state index contributed by atoms with van der Waals surface area (Å²) in [6, 6.07) is 15.7.